The lowest BCUT2D eigenvalue weighted by molar-refractivity contribution is -0.113. The van der Waals surface area contributed by atoms with Gasteiger partial charge in [-0.15, -0.1) is 0 Å². The molecule has 0 radical (unpaired) electrons. The molecule has 0 saturated heterocycles. The SMILES string of the molecule is Cc1ccccc1NC1=C(C(N)=O)S(=O)(=O)c2ccccc21. The maximum atomic E-state index is 12.5. The fourth-order valence-electron chi connectivity index (χ4n) is 2.50. The van der Waals surface area contributed by atoms with Crippen LogP contribution in [0.1, 0.15) is 11.1 Å². The van der Waals surface area contributed by atoms with Gasteiger partial charge in [-0.3, -0.25) is 4.79 Å². The summed E-state index contributed by atoms with van der Waals surface area (Å²) in [6.07, 6.45) is 0. The van der Waals surface area contributed by atoms with Crippen molar-refractivity contribution in [2.24, 2.45) is 5.73 Å². The predicted octanol–water partition coefficient (Wildman–Crippen LogP) is 2.05. The van der Waals surface area contributed by atoms with Crippen molar-refractivity contribution in [1.29, 1.82) is 0 Å². The van der Waals surface area contributed by atoms with E-state index in [0.717, 1.165) is 11.3 Å². The topological polar surface area (TPSA) is 89.3 Å². The van der Waals surface area contributed by atoms with Crippen molar-refractivity contribution < 1.29 is 13.2 Å². The number of nitrogens with one attached hydrogen (secondary N) is 1. The van der Waals surface area contributed by atoms with Crippen molar-refractivity contribution in [3.8, 4) is 0 Å². The number of para-hydroxylation sites is 1. The average molecular weight is 314 g/mol. The maximum Gasteiger partial charge on any atom is 0.262 e. The maximum absolute atomic E-state index is 12.5. The number of hydrogen-bond acceptors (Lipinski definition) is 4. The highest BCUT2D eigenvalue weighted by Gasteiger charge is 2.38. The molecule has 2 aromatic rings. The number of fused-ring (bicyclic) bond motifs is 1. The van der Waals surface area contributed by atoms with Crippen LogP contribution in [-0.4, -0.2) is 14.3 Å². The van der Waals surface area contributed by atoms with Gasteiger partial charge in [0.25, 0.3) is 5.91 Å². The second kappa shape index (κ2) is 4.99. The second-order valence-electron chi connectivity index (χ2n) is 5.01. The van der Waals surface area contributed by atoms with E-state index in [-0.39, 0.29) is 10.6 Å². The molecule has 1 heterocycles. The molecule has 0 aromatic heterocycles. The highest BCUT2D eigenvalue weighted by molar-refractivity contribution is 7.97. The van der Waals surface area contributed by atoms with Crippen molar-refractivity contribution >= 4 is 27.1 Å². The van der Waals surface area contributed by atoms with Crippen molar-refractivity contribution in [3.05, 3.63) is 64.6 Å². The highest BCUT2D eigenvalue weighted by atomic mass is 32.2. The monoisotopic (exact) mass is 314 g/mol. The molecule has 0 unspecified atom stereocenters. The minimum atomic E-state index is -3.89. The van der Waals surface area contributed by atoms with Crippen molar-refractivity contribution in [3.63, 3.8) is 0 Å². The number of amides is 1. The van der Waals surface area contributed by atoms with Crippen LogP contribution in [0.5, 0.6) is 0 Å². The molecule has 22 heavy (non-hydrogen) atoms. The molecule has 0 bridgehead atoms. The smallest absolute Gasteiger partial charge is 0.262 e. The predicted molar refractivity (Wildman–Crippen MR) is 84.5 cm³/mol. The standard InChI is InChI=1S/C16H14N2O3S/c1-10-6-2-4-8-12(10)18-14-11-7-3-5-9-13(11)22(20,21)15(14)16(17)19/h2-9,18H,1H3,(H2,17,19). The van der Waals surface area contributed by atoms with Gasteiger partial charge in [-0.25, -0.2) is 8.42 Å². The van der Waals surface area contributed by atoms with Gasteiger partial charge in [0.05, 0.1) is 10.6 Å². The zero-order valence-corrected chi connectivity index (χ0v) is 12.6. The molecule has 3 N–H and O–H groups in total. The molecular formula is C16H14N2O3S. The van der Waals surface area contributed by atoms with E-state index in [1.165, 1.54) is 6.07 Å². The molecule has 0 atom stereocenters. The van der Waals surface area contributed by atoms with Crippen LogP contribution in [0, 0.1) is 6.92 Å². The van der Waals surface area contributed by atoms with Crippen LogP contribution in [-0.2, 0) is 14.6 Å². The Morgan fingerprint density at radius 2 is 1.68 bits per heavy atom. The molecule has 1 aliphatic heterocycles. The number of carbonyl (C=O) groups excluding carboxylic acids is 1. The van der Waals surface area contributed by atoms with Gasteiger partial charge in [-0.05, 0) is 24.6 Å². The third-order valence-corrected chi connectivity index (χ3v) is 5.45. The molecule has 2 aromatic carbocycles. The summed E-state index contributed by atoms with van der Waals surface area (Å²) < 4.78 is 25.0. The first-order valence-electron chi connectivity index (χ1n) is 6.64. The molecule has 0 saturated carbocycles. The third-order valence-electron chi connectivity index (χ3n) is 3.57. The molecule has 6 heteroatoms. The summed E-state index contributed by atoms with van der Waals surface area (Å²) in [6, 6.07) is 13.9. The Hall–Kier alpha value is -2.60. The number of aryl methyl sites for hydroxylation is 1. The second-order valence-corrected chi connectivity index (χ2v) is 6.86. The van der Waals surface area contributed by atoms with Gasteiger partial charge < -0.3 is 11.1 Å². The fraction of sp³-hybridized carbons (Fsp3) is 0.0625. The first-order valence-corrected chi connectivity index (χ1v) is 8.12. The number of carbonyl (C=O) groups is 1. The van der Waals surface area contributed by atoms with Crippen LogP contribution in [0.2, 0.25) is 0 Å². The largest absolute Gasteiger partial charge is 0.365 e. The number of nitrogens with two attached hydrogens (primary N) is 1. The Bertz CT molecular complexity index is 914. The van der Waals surface area contributed by atoms with E-state index >= 15 is 0 Å². The lowest BCUT2D eigenvalue weighted by Gasteiger charge is -2.11. The molecule has 1 aliphatic rings. The highest BCUT2D eigenvalue weighted by Crippen LogP contribution is 2.39. The van der Waals surface area contributed by atoms with Crippen molar-refractivity contribution in [2.75, 3.05) is 5.32 Å². The zero-order valence-electron chi connectivity index (χ0n) is 11.8. The molecule has 3 rings (SSSR count). The Balaban J connectivity index is 2.24. The van der Waals surface area contributed by atoms with E-state index in [9.17, 15) is 13.2 Å². The summed E-state index contributed by atoms with van der Waals surface area (Å²) in [5.41, 5.74) is 7.67. The lowest BCUT2D eigenvalue weighted by Crippen LogP contribution is -2.20. The quantitative estimate of drug-likeness (QED) is 0.907. The molecule has 0 spiro atoms. The number of rotatable bonds is 3. The number of sulfone groups is 1. The minimum Gasteiger partial charge on any atom is -0.365 e. The van der Waals surface area contributed by atoms with E-state index in [0.29, 0.717) is 5.56 Å². The van der Waals surface area contributed by atoms with Gasteiger partial charge in [0.2, 0.25) is 9.84 Å². The van der Waals surface area contributed by atoms with Gasteiger partial charge in [0, 0.05) is 11.3 Å². The number of hydrogen-bond donors (Lipinski definition) is 2. The van der Waals surface area contributed by atoms with E-state index in [1.54, 1.807) is 18.2 Å². The summed E-state index contributed by atoms with van der Waals surface area (Å²) in [5, 5.41) is 3.05. The molecule has 1 amide bonds. The van der Waals surface area contributed by atoms with Gasteiger partial charge in [0.1, 0.15) is 0 Å². The molecule has 112 valence electrons. The van der Waals surface area contributed by atoms with Gasteiger partial charge in [-0.2, -0.15) is 0 Å². The van der Waals surface area contributed by atoms with E-state index in [4.69, 9.17) is 5.73 Å². The summed E-state index contributed by atoms with van der Waals surface area (Å²) in [4.78, 5) is 11.4. The number of anilines is 1. The van der Waals surface area contributed by atoms with Crippen LogP contribution < -0.4 is 11.1 Å². The average Bonchev–Trinajstić information content (AvgIpc) is 2.70. The molecule has 0 aliphatic carbocycles. The first kappa shape index (κ1) is 14.3. The number of primary amides is 1. The Morgan fingerprint density at radius 1 is 1.05 bits per heavy atom. The van der Waals surface area contributed by atoms with E-state index < -0.39 is 20.6 Å². The minimum absolute atomic E-state index is 0.0971. The Morgan fingerprint density at radius 3 is 2.36 bits per heavy atom. The molecular weight excluding hydrogens is 300 g/mol. The van der Waals surface area contributed by atoms with Crippen molar-refractivity contribution in [2.45, 2.75) is 11.8 Å². The normalized spacial score (nSPS) is 15.5. The van der Waals surface area contributed by atoms with Gasteiger partial charge in [0.15, 0.2) is 4.91 Å². The van der Waals surface area contributed by atoms with Crippen LogP contribution >= 0.6 is 0 Å². The van der Waals surface area contributed by atoms with Crippen LogP contribution in [0.3, 0.4) is 0 Å². The van der Waals surface area contributed by atoms with Crippen LogP contribution in [0.25, 0.3) is 5.70 Å². The summed E-state index contributed by atoms with van der Waals surface area (Å²) in [6.45, 7) is 1.89. The van der Waals surface area contributed by atoms with Gasteiger partial charge >= 0.3 is 0 Å². The molecule has 0 fully saturated rings. The first-order chi connectivity index (χ1) is 10.4. The van der Waals surface area contributed by atoms with E-state index in [1.807, 2.05) is 31.2 Å². The Labute approximate surface area is 128 Å². The fourth-order valence-corrected chi connectivity index (χ4v) is 4.13. The lowest BCUT2D eigenvalue weighted by atomic mass is 10.1. The zero-order chi connectivity index (χ0) is 15.9. The van der Waals surface area contributed by atoms with Crippen LogP contribution in [0.4, 0.5) is 5.69 Å². The van der Waals surface area contributed by atoms with Crippen LogP contribution in [0.15, 0.2) is 58.3 Å². The summed E-state index contributed by atoms with van der Waals surface area (Å²) in [7, 11) is -3.89. The summed E-state index contributed by atoms with van der Waals surface area (Å²) in [5.74, 6) is -0.965. The summed E-state index contributed by atoms with van der Waals surface area (Å²) >= 11 is 0. The van der Waals surface area contributed by atoms with Crippen molar-refractivity contribution in [1.82, 2.24) is 0 Å². The Kier molecular flexibility index (Phi) is 3.26. The van der Waals surface area contributed by atoms with Gasteiger partial charge in [-0.1, -0.05) is 36.4 Å². The van der Waals surface area contributed by atoms with E-state index in [2.05, 4.69) is 5.32 Å². The molecule has 5 nitrogen and oxygen atoms in total. The third kappa shape index (κ3) is 2.08. The number of benzene rings is 2.